The van der Waals surface area contributed by atoms with Crippen LogP contribution in [0.2, 0.25) is 0 Å². The second-order valence-corrected chi connectivity index (χ2v) is 2.93. The van der Waals surface area contributed by atoms with Gasteiger partial charge >= 0.3 is 0 Å². The van der Waals surface area contributed by atoms with Crippen LogP contribution in [0.4, 0.5) is 8.78 Å². The molecule has 66 valence electrons. The molecule has 0 N–H and O–H groups in total. The fourth-order valence-electron chi connectivity index (χ4n) is 1.07. The van der Waals surface area contributed by atoms with E-state index in [9.17, 15) is 8.78 Å². The van der Waals surface area contributed by atoms with E-state index in [1.165, 1.54) is 17.7 Å². The summed E-state index contributed by atoms with van der Waals surface area (Å²) < 4.78 is 26.5. The van der Waals surface area contributed by atoms with Gasteiger partial charge in [-0.25, -0.2) is 8.78 Å². The number of halogens is 3. The predicted octanol–water partition coefficient (Wildman–Crippen LogP) is 3.65. The van der Waals surface area contributed by atoms with Crippen molar-refractivity contribution in [2.24, 2.45) is 0 Å². The Balaban J connectivity index is 2.71. The summed E-state index contributed by atoms with van der Waals surface area (Å²) >= 11 is 5.22. The van der Waals surface area contributed by atoms with Crippen molar-refractivity contribution in [2.45, 2.75) is 18.5 Å². The van der Waals surface area contributed by atoms with Gasteiger partial charge < -0.3 is 0 Å². The average molecular weight is 191 g/mol. The smallest absolute Gasteiger partial charge is 0.168 e. The minimum Gasteiger partial charge on any atom is -0.235 e. The lowest BCUT2D eigenvalue weighted by molar-refractivity contribution is 0.178. The van der Waals surface area contributed by atoms with Crippen LogP contribution in [0.15, 0.2) is 35.7 Å². The van der Waals surface area contributed by atoms with E-state index in [0.717, 1.165) is 6.08 Å². The highest BCUT2D eigenvalue weighted by molar-refractivity contribution is 6.25. The number of hydrogen-bond acceptors (Lipinski definition) is 0. The summed E-state index contributed by atoms with van der Waals surface area (Å²) in [6.45, 7) is 0. The van der Waals surface area contributed by atoms with E-state index in [4.69, 9.17) is 11.6 Å². The summed E-state index contributed by atoms with van der Waals surface area (Å²) in [4.78, 5) is 0. The maximum absolute atomic E-state index is 13.5. The summed E-state index contributed by atoms with van der Waals surface area (Å²) in [7, 11) is 0. The van der Waals surface area contributed by atoms with Gasteiger partial charge in [0.25, 0.3) is 0 Å². The fraction of sp³-hybridized carbons (Fsp3) is 0.333. The normalized spacial score (nSPS) is 29.4. The standard InChI is InChI=1S/C9H9ClF2/c10-7-3-6-9(12)5-2-1-4-8(9)11/h1-4,7H,5-6H2/b7-3+. The van der Waals surface area contributed by atoms with Crippen LogP contribution >= 0.6 is 11.6 Å². The quantitative estimate of drug-likeness (QED) is 0.624. The minimum absolute atomic E-state index is 0.0107. The predicted molar refractivity (Wildman–Crippen MR) is 46.4 cm³/mol. The third-order valence-corrected chi connectivity index (χ3v) is 1.96. The molecule has 1 atom stereocenters. The number of alkyl halides is 1. The highest BCUT2D eigenvalue weighted by atomic mass is 35.5. The molecule has 0 aliphatic heterocycles. The zero-order chi connectivity index (χ0) is 9.03. The Morgan fingerprint density at radius 1 is 1.67 bits per heavy atom. The number of hydrogen-bond donors (Lipinski definition) is 0. The average Bonchev–Trinajstić information content (AvgIpc) is 2.07. The van der Waals surface area contributed by atoms with Gasteiger partial charge in [-0.15, -0.1) is 0 Å². The van der Waals surface area contributed by atoms with Gasteiger partial charge in [-0.05, 0) is 6.08 Å². The summed E-state index contributed by atoms with van der Waals surface area (Å²) in [6, 6.07) is 0. The minimum atomic E-state index is -1.87. The highest BCUT2D eigenvalue weighted by Crippen LogP contribution is 2.34. The molecule has 12 heavy (non-hydrogen) atoms. The van der Waals surface area contributed by atoms with Crippen LogP contribution in [-0.4, -0.2) is 5.67 Å². The Morgan fingerprint density at radius 3 is 3.00 bits per heavy atom. The van der Waals surface area contributed by atoms with Crippen molar-refractivity contribution in [1.82, 2.24) is 0 Å². The summed E-state index contributed by atoms with van der Waals surface area (Å²) in [6.07, 6.45) is 5.74. The van der Waals surface area contributed by atoms with Gasteiger partial charge in [0.05, 0.1) is 0 Å². The molecule has 1 aliphatic rings. The van der Waals surface area contributed by atoms with Crippen molar-refractivity contribution in [3.05, 3.63) is 35.7 Å². The summed E-state index contributed by atoms with van der Waals surface area (Å²) in [5, 5.41) is 0. The first-order valence-corrected chi connectivity index (χ1v) is 4.09. The SMILES string of the molecule is FC1=CC=CCC1(F)C/C=C/Cl. The third kappa shape index (κ3) is 1.95. The molecule has 3 heteroatoms. The second-order valence-electron chi connectivity index (χ2n) is 2.68. The van der Waals surface area contributed by atoms with Crippen LogP contribution in [0.1, 0.15) is 12.8 Å². The molecule has 0 saturated carbocycles. The van der Waals surface area contributed by atoms with Crippen molar-refractivity contribution in [2.75, 3.05) is 0 Å². The van der Waals surface area contributed by atoms with Crippen LogP contribution in [0.5, 0.6) is 0 Å². The molecule has 1 rings (SSSR count). The highest BCUT2D eigenvalue weighted by Gasteiger charge is 2.33. The van der Waals surface area contributed by atoms with Crippen LogP contribution < -0.4 is 0 Å². The van der Waals surface area contributed by atoms with Gasteiger partial charge in [0.1, 0.15) is 5.83 Å². The fourth-order valence-corrected chi connectivity index (χ4v) is 1.16. The van der Waals surface area contributed by atoms with Gasteiger partial charge in [0.15, 0.2) is 5.67 Å². The zero-order valence-corrected chi connectivity index (χ0v) is 7.19. The van der Waals surface area contributed by atoms with Gasteiger partial charge in [0, 0.05) is 18.4 Å². The molecule has 0 aromatic rings. The monoisotopic (exact) mass is 190 g/mol. The van der Waals surface area contributed by atoms with Gasteiger partial charge in [-0.2, -0.15) is 0 Å². The largest absolute Gasteiger partial charge is 0.235 e. The zero-order valence-electron chi connectivity index (χ0n) is 6.43. The molecule has 0 amide bonds. The summed E-state index contributed by atoms with van der Waals surface area (Å²) in [5.41, 5.74) is -0.674. The maximum atomic E-state index is 13.5. The first-order valence-electron chi connectivity index (χ1n) is 3.66. The molecule has 0 bridgehead atoms. The Morgan fingerprint density at radius 2 is 2.42 bits per heavy atom. The lowest BCUT2D eigenvalue weighted by Crippen LogP contribution is -2.23. The van der Waals surface area contributed by atoms with Crippen molar-refractivity contribution < 1.29 is 8.78 Å². The number of allylic oxidation sites excluding steroid dienone is 5. The first-order chi connectivity index (χ1) is 5.69. The van der Waals surface area contributed by atoms with Gasteiger partial charge in [0.2, 0.25) is 0 Å². The third-order valence-electron chi connectivity index (χ3n) is 1.78. The molecule has 0 aromatic carbocycles. The van der Waals surface area contributed by atoms with E-state index in [2.05, 4.69) is 0 Å². The van der Waals surface area contributed by atoms with E-state index in [0.29, 0.717) is 0 Å². The van der Waals surface area contributed by atoms with Crippen molar-refractivity contribution in [1.29, 1.82) is 0 Å². The molecule has 1 unspecified atom stereocenters. The Labute approximate surface area is 75.2 Å². The van der Waals surface area contributed by atoms with Gasteiger partial charge in [-0.3, -0.25) is 0 Å². The van der Waals surface area contributed by atoms with E-state index < -0.39 is 11.5 Å². The summed E-state index contributed by atoms with van der Waals surface area (Å²) in [5.74, 6) is -0.722. The molecule has 0 fully saturated rings. The molecular formula is C9H9ClF2. The molecule has 0 radical (unpaired) electrons. The van der Waals surface area contributed by atoms with Gasteiger partial charge in [-0.1, -0.05) is 29.8 Å². The second kappa shape index (κ2) is 3.85. The van der Waals surface area contributed by atoms with Crippen LogP contribution in [0, 0.1) is 0 Å². The molecular weight excluding hydrogens is 182 g/mol. The number of rotatable bonds is 2. The van der Waals surface area contributed by atoms with Crippen molar-refractivity contribution in [3.63, 3.8) is 0 Å². The maximum Gasteiger partial charge on any atom is 0.168 e. The lowest BCUT2D eigenvalue weighted by Gasteiger charge is -2.22. The van der Waals surface area contributed by atoms with Crippen LogP contribution in [0.3, 0.4) is 0 Å². The van der Waals surface area contributed by atoms with E-state index >= 15 is 0 Å². The molecule has 0 saturated heterocycles. The first kappa shape index (κ1) is 9.46. The molecule has 0 heterocycles. The topological polar surface area (TPSA) is 0 Å². The van der Waals surface area contributed by atoms with Crippen molar-refractivity contribution in [3.8, 4) is 0 Å². The molecule has 0 nitrogen and oxygen atoms in total. The van der Waals surface area contributed by atoms with Crippen molar-refractivity contribution >= 4 is 11.6 Å². The molecule has 0 aromatic heterocycles. The van der Waals surface area contributed by atoms with E-state index in [1.807, 2.05) is 0 Å². The molecule has 0 spiro atoms. The Kier molecular flexibility index (Phi) is 3.04. The van der Waals surface area contributed by atoms with Crippen LogP contribution in [-0.2, 0) is 0 Å². The lowest BCUT2D eigenvalue weighted by atomic mass is 9.92. The molecule has 1 aliphatic carbocycles. The van der Waals surface area contributed by atoms with E-state index in [1.54, 1.807) is 6.08 Å². The van der Waals surface area contributed by atoms with E-state index in [-0.39, 0.29) is 12.8 Å². The Hall–Kier alpha value is -0.630. The van der Waals surface area contributed by atoms with Crippen LogP contribution in [0.25, 0.3) is 0 Å². The Bertz CT molecular complexity index is 243.